The molecule has 0 aromatic heterocycles. The molecule has 0 atom stereocenters. The Labute approximate surface area is 110 Å². The third kappa shape index (κ3) is 13.4. The largest absolute Gasteiger partial charge is 0.469 e. The quantitative estimate of drug-likeness (QED) is 0.289. The fraction of sp³-hybridized carbons (Fsp3) is 0.923. The van der Waals surface area contributed by atoms with E-state index in [0.29, 0.717) is 26.4 Å². The molecular formula is C13H26O5. The third-order valence-electron chi connectivity index (χ3n) is 2.50. The molecule has 5 nitrogen and oxygen atoms in total. The molecule has 0 aromatic rings. The highest BCUT2D eigenvalue weighted by Crippen LogP contribution is 2.06. The molecule has 0 aliphatic heterocycles. The standard InChI is InChI=1S/C13H26O5/c1-15-10-11-18-12-17-9-7-5-3-4-6-8-13(14)16-2/h3-12H2,1-2H3. The summed E-state index contributed by atoms with van der Waals surface area (Å²) in [6.07, 6.45) is 5.80. The van der Waals surface area contributed by atoms with Crippen molar-refractivity contribution >= 4 is 5.97 Å². The van der Waals surface area contributed by atoms with Gasteiger partial charge in [-0.3, -0.25) is 4.79 Å². The first-order valence-electron chi connectivity index (χ1n) is 6.52. The molecule has 0 N–H and O–H groups in total. The van der Waals surface area contributed by atoms with E-state index < -0.39 is 0 Å². The van der Waals surface area contributed by atoms with Crippen LogP contribution in [0, 0.1) is 0 Å². The second-order valence-corrected chi connectivity index (χ2v) is 4.02. The Morgan fingerprint density at radius 2 is 1.50 bits per heavy atom. The van der Waals surface area contributed by atoms with Crippen molar-refractivity contribution in [3.63, 3.8) is 0 Å². The Kier molecular flexibility index (Phi) is 13.9. The summed E-state index contributed by atoms with van der Waals surface area (Å²) in [5.74, 6) is -0.119. The SMILES string of the molecule is COCCOCOCCCCCCCC(=O)OC. The highest BCUT2D eigenvalue weighted by Gasteiger charge is 1.98. The first-order valence-corrected chi connectivity index (χ1v) is 6.52. The monoisotopic (exact) mass is 262 g/mol. The normalized spacial score (nSPS) is 10.6. The van der Waals surface area contributed by atoms with Gasteiger partial charge in [0.1, 0.15) is 6.79 Å². The van der Waals surface area contributed by atoms with Crippen molar-refractivity contribution in [3.05, 3.63) is 0 Å². The minimum atomic E-state index is -0.119. The number of rotatable bonds is 13. The van der Waals surface area contributed by atoms with Crippen molar-refractivity contribution in [2.75, 3.05) is 40.8 Å². The number of carbonyl (C=O) groups is 1. The summed E-state index contributed by atoms with van der Waals surface area (Å²) in [7, 11) is 3.07. The van der Waals surface area contributed by atoms with Crippen molar-refractivity contribution in [2.24, 2.45) is 0 Å². The second-order valence-electron chi connectivity index (χ2n) is 4.02. The van der Waals surface area contributed by atoms with Gasteiger partial charge in [0.15, 0.2) is 0 Å². The zero-order valence-corrected chi connectivity index (χ0v) is 11.6. The molecule has 0 saturated heterocycles. The van der Waals surface area contributed by atoms with Gasteiger partial charge < -0.3 is 18.9 Å². The summed E-state index contributed by atoms with van der Waals surface area (Å²) in [5, 5.41) is 0. The number of methoxy groups -OCH3 is 2. The Morgan fingerprint density at radius 3 is 2.22 bits per heavy atom. The number of hydrogen-bond acceptors (Lipinski definition) is 5. The van der Waals surface area contributed by atoms with Crippen LogP contribution in [0.5, 0.6) is 0 Å². The molecule has 0 aliphatic rings. The molecule has 0 unspecified atom stereocenters. The van der Waals surface area contributed by atoms with Crippen LogP contribution in [0.3, 0.4) is 0 Å². The molecule has 0 aliphatic carbocycles. The van der Waals surface area contributed by atoms with Gasteiger partial charge in [0, 0.05) is 20.1 Å². The van der Waals surface area contributed by atoms with Gasteiger partial charge in [-0.25, -0.2) is 0 Å². The maximum atomic E-state index is 10.8. The van der Waals surface area contributed by atoms with Crippen molar-refractivity contribution in [2.45, 2.75) is 38.5 Å². The lowest BCUT2D eigenvalue weighted by Crippen LogP contribution is -2.06. The van der Waals surface area contributed by atoms with Gasteiger partial charge in [-0.05, 0) is 12.8 Å². The van der Waals surface area contributed by atoms with Gasteiger partial charge in [0.2, 0.25) is 0 Å². The highest BCUT2D eigenvalue weighted by molar-refractivity contribution is 5.68. The Balaban J connectivity index is 2.97. The summed E-state index contributed by atoms with van der Waals surface area (Å²) < 4.78 is 19.9. The van der Waals surface area contributed by atoms with Crippen LogP contribution in [0.1, 0.15) is 38.5 Å². The van der Waals surface area contributed by atoms with Crippen LogP contribution in [0.2, 0.25) is 0 Å². The van der Waals surface area contributed by atoms with Gasteiger partial charge in [0.05, 0.1) is 20.3 Å². The Morgan fingerprint density at radius 1 is 0.833 bits per heavy atom. The molecule has 0 aromatic carbocycles. The summed E-state index contributed by atoms with van der Waals surface area (Å²) >= 11 is 0. The van der Waals surface area contributed by atoms with Crippen LogP contribution in [0.25, 0.3) is 0 Å². The van der Waals surface area contributed by atoms with Gasteiger partial charge in [-0.2, -0.15) is 0 Å². The molecule has 0 spiro atoms. The van der Waals surface area contributed by atoms with E-state index >= 15 is 0 Å². The van der Waals surface area contributed by atoms with Gasteiger partial charge in [-0.15, -0.1) is 0 Å². The maximum absolute atomic E-state index is 10.8. The van der Waals surface area contributed by atoms with Crippen LogP contribution < -0.4 is 0 Å². The molecule has 0 heterocycles. The molecule has 0 fully saturated rings. The fourth-order valence-corrected chi connectivity index (χ4v) is 1.42. The highest BCUT2D eigenvalue weighted by atomic mass is 16.7. The number of hydrogen-bond donors (Lipinski definition) is 0. The van der Waals surface area contributed by atoms with Crippen molar-refractivity contribution in [1.29, 1.82) is 0 Å². The average Bonchev–Trinajstić information content (AvgIpc) is 2.39. The molecule has 0 bridgehead atoms. The van der Waals surface area contributed by atoms with E-state index in [4.69, 9.17) is 14.2 Å². The van der Waals surface area contributed by atoms with E-state index in [1.165, 1.54) is 7.11 Å². The summed E-state index contributed by atoms with van der Waals surface area (Å²) in [6, 6.07) is 0. The van der Waals surface area contributed by atoms with Gasteiger partial charge >= 0.3 is 5.97 Å². The van der Waals surface area contributed by atoms with Crippen LogP contribution in [-0.2, 0) is 23.7 Å². The molecular weight excluding hydrogens is 236 g/mol. The molecule has 0 radical (unpaired) electrons. The van der Waals surface area contributed by atoms with E-state index in [9.17, 15) is 4.79 Å². The number of unbranched alkanes of at least 4 members (excludes halogenated alkanes) is 4. The van der Waals surface area contributed by atoms with E-state index in [-0.39, 0.29) is 5.97 Å². The first kappa shape index (κ1) is 17.4. The average molecular weight is 262 g/mol. The topological polar surface area (TPSA) is 54.0 Å². The predicted octanol–water partition coefficient (Wildman–Crippen LogP) is 2.14. The van der Waals surface area contributed by atoms with E-state index in [1.54, 1.807) is 7.11 Å². The van der Waals surface area contributed by atoms with Crippen LogP contribution >= 0.6 is 0 Å². The summed E-state index contributed by atoms with van der Waals surface area (Å²) in [4.78, 5) is 10.8. The first-order chi connectivity index (χ1) is 8.81. The lowest BCUT2D eigenvalue weighted by molar-refractivity contribution is -0.140. The lowest BCUT2D eigenvalue weighted by atomic mass is 10.1. The molecule has 108 valence electrons. The van der Waals surface area contributed by atoms with Crippen LogP contribution in [0.15, 0.2) is 0 Å². The minimum Gasteiger partial charge on any atom is -0.469 e. The maximum Gasteiger partial charge on any atom is 0.305 e. The van der Waals surface area contributed by atoms with E-state index in [0.717, 1.165) is 38.7 Å². The molecule has 0 amide bonds. The molecule has 5 heteroatoms. The summed E-state index contributed by atoms with van der Waals surface area (Å²) in [6.45, 7) is 2.24. The lowest BCUT2D eigenvalue weighted by Gasteiger charge is -2.05. The van der Waals surface area contributed by atoms with Gasteiger partial charge in [-0.1, -0.05) is 19.3 Å². The number of carbonyl (C=O) groups excluding carboxylic acids is 1. The molecule has 0 saturated carbocycles. The van der Waals surface area contributed by atoms with Crippen molar-refractivity contribution in [3.8, 4) is 0 Å². The molecule has 18 heavy (non-hydrogen) atoms. The predicted molar refractivity (Wildman–Crippen MR) is 68.4 cm³/mol. The second kappa shape index (κ2) is 14.4. The summed E-state index contributed by atoms with van der Waals surface area (Å²) in [5.41, 5.74) is 0. The number of ether oxygens (including phenoxy) is 4. The Bertz CT molecular complexity index is 184. The van der Waals surface area contributed by atoms with E-state index in [1.807, 2.05) is 0 Å². The third-order valence-corrected chi connectivity index (χ3v) is 2.50. The number of esters is 1. The van der Waals surface area contributed by atoms with E-state index in [2.05, 4.69) is 4.74 Å². The Hall–Kier alpha value is -0.650. The minimum absolute atomic E-state index is 0.119. The van der Waals surface area contributed by atoms with Crippen molar-refractivity contribution < 1.29 is 23.7 Å². The van der Waals surface area contributed by atoms with Gasteiger partial charge in [0.25, 0.3) is 0 Å². The van der Waals surface area contributed by atoms with Crippen molar-refractivity contribution in [1.82, 2.24) is 0 Å². The smallest absolute Gasteiger partial charge is 0.305 e. The fourth-order valence-electron chi connectivity index (χ4n) is 1.42. The zero-order chi connectivity index (χ0) is 13.5. The molecule has 0 rings (SSSR count). The van der Waals surface area contributed by atoms with Crippen LogP contribution in [-0.4, -0.2) is 46.8 Å². The zero-order valence-electron chi connectivity index (χ0n) is 11.6. The van der Waals surface area contributed by atoms with Crippen LogP contribution in [0.4, 0.5) is 0 Å².